The largest absolute Gasteiger partial charge is 0.490 e. The van der Waals surface area contributed by atoms with Gasteiger partial charge in [0.1, 0.15) is 0 Å². The first kappa shape index (κ1) is 12.3. The van der Waals surface area contributed by atoms with Crippen LogP contribution in [0.4, 0.5) is 13.2 Å². The van der Waals surface area contributed by atoms with Crippen LogP contribution in [-0.4, -0.2) is 42.1 Å². The molecule has 0 aromatic rings. The third kappa shape index (κ3) is 3.07. The standard InChI is InChI=1S/C6H11NO.C2HF3O2/c8-3-6-4-1-7-2-5(4)6;3-2(4,5)1(6)7/h4-8H,1-3H2;(H,6,7)/t4-,5+,6+;. The highest BCUT2D eigenvalue weighted by molar-refractivity contribution is 5.73. The maximum Gasteiger partial charge on any atom is 0.490 e. The summed E-state index contributed by atoms with van der Waals surface area (Å²) < 4.78 is 31.7. The predicted octanol–water partition coefficient (Wildman–Crippen LogP) is 0.0774. The third-order valence-corrected chi connectivity index (χ3v) is 2.72. The van der Waals surface area contributed by atoms with Crippen molar-refractivity contribution in [2.45, 2.75) is 6.18 Å². The van der Waals surface area contributed by atoms with E-state index < -0.39 is 12.1 Å². The number of halogens is 3. The fourth-order valence-corrected chi connectivity index (χ4v) is 1.82. The monoisotopic (exact) mass is 227 g/mol. The van der Waals surface area contributed by atoms with Crippen LogP contribution in [0.1, 0.15) is 0 Å². The lowest BCUT2D eigenvalue weighted by Crippen LogP contribution is -2.21. The minimum atomic E-state index is -5.08. The number of aliphatic hydroxyl groups excluding tert-OH is 1. The second-order valence-electron chi connectivity index (χ2n) is 3.64. The summed E-state index contributed by atoms with van der Waals surface area (Å²) >= 11 is 0. The van der Waals surface area contributed by atoms with Gasteiger partial charge in [-0.15, -0.1) is 0 Å². The lowest BCUT2D eigenvalue weighted by Gasteiger charge is -1.97. The van der Waals surface area contributed by atoms with Crippen LogP contribution in [-0.2, 0) is 4.79 Å². The van der Waals surface area contributed by atoms with Crippen molar-refractivity contribution in [2.75, 3.05) is 19.7 Å². The van der Waals surface area contributed by atoms with Gasteiger partial charge in [0.25, 0.3) is 0 Å². The van der Waals surface area contributed by atoms with Crippen molar-refractivity contribution in [3.8, 4) is 0 Å². The Bertz CT molecular complexity index is 227. The molecule has 0 bridgehead atoms. The molecule has 15 heavy (non-hydrogen) atoms. The van der Waals surface area contributed by atoms with Gasteiger partial charge in [0.05, 0.1) is 0 Å². The molecule has 0 aromatic heterocycles. The van der Waals surface area contributed by atoms with Crippen LogP contribution in [0.25, 0.3) is 0 Å². The third-order valence-electron chi connectivity index (χ3n) is 2.72. The van der Waals surface area contributed by atoms with Crippen molar-refractivity contribution in [3.63, 3.8) is 0 Å². The van der Waals surface area contributed by atoms with Crippen LogP contribution in [0.3, 0.4) is 0 Å². The zero-order valence-corrected chi connectivity index (χ0v) is 7.79. The van der Waals surface area contributed by atoms with E-state index in [1.165, 1.54) is 0 Å². The number of carboxylic acids is 1. The van der Waals surface area contributed by atoms with Gasteiger partial charge < -0.3 is 15.5 Å². The van der Waals surface area contributed by atoms with E-state index >= 15 is 0 Å². The van der Waals surface area contributed by atoms with Gasteiger partial charge in [-0.05, 0) is 30.8 Å². The zero-order valence-electron chi connectivity index (χ0n) is 7.79. The van der Waals surface area contributed by atoms with E-state index in [-0.39, 0.29) is 0 Å². The molecule has 3 atom stereocenters. The Hall–Kier alpha value is -0.820. The quantitative estimate of drug-likeness (QED) is 0.593. The highest BCUT2D eigenvalue weighted by Crippen LogP contribution is 2.47. The molecule has 88 valence electrons. The highest BCUT2D eigenvalue weighted by Gasteiger charge is 2.51. The molecule has 4 nitrogen and oxygen atoms in total. The molecule has 1 aliphatic carbocycles. The van der Waals surface area contributed by atoms with Crippen LogP contribution in [0.5, 0.6) is 0 Å². The van der Waals surface area contributed by atoms with Gasteiger partial charge in [0.2, 0.25) is 0 Å². The number of hydrogen-bond acceptors (Lipinski definition) is 3. The first-order valence-corrected chi connectivity index (χ1v) is 4.49. The molecule has 1 saturated heterocycles. The smallest absolute Gasteiger partial charge is 0.475 e. The van der Waals surface area contributed by atoms with Gasteiger partial charge in [-0.25, -0.2) is 4.79 Å². The molecular weight excluding hydrogens is 215 g/mol. The Kier molecular flexibility index (Phi) is 3.56. The minimum absolute atomic E-state index is 0.414. The molecule has 0 aromatic carbocycles. The van der Waals surface area contributed by atoms with Gasteiger partial charge in [0, 0.05) is 6.61 Å². The fourth-order valence-electron chi connectivity index (χ4n) is 1.82. The summed E-state index contributed by atoms with van der Waals surface area (Å²) in [6.07, 6.45) is -5.08. The summed E-state index contributed by atoms with van der Waals surface area (Å²) in [7, 11) is 0. The number of rotatable bonds is 1. The summed E-state index contributed by atoms with van der Waals surface area (Å²) in [4.78, 5) is 8.90. The van der Waals surface area contributed by atoms with Gasteiger partial charge in [-0.3, -0.25) is 0 Å². The molecule has 2 rings (SSSR count). The fraction of sp³-hybridized carbons (Fsp3) is 0.875. The van der Waals surface area contributed by atoms with Crippen molar-refractivity contribution < 1.29 is 28.2 Å². The minimum Gasteiger partial charge on any atom is -0.475 e. The molecule has 0 amide bonds. The Morgan fingerprint density at radius 3 is 1.93 bits per heavy atom. The van der Waals surface area contributed by atoms with Gasteiger partial charge in [-0.1, -0.05) is 0 Å². The summed E-state index contributed by atoms with van der Waals surface area (Å²) in [5.41, 5.74) is 0. The first-order chi connectivity index (χ1) is 6.88. The van der Waals surface area contributed by atoms with Gasteiger partial charge >= 0.3 is 12.1 Å². The number of fused-ring (bicyclic) bond motifs is 1. The number of nitrogens with one attached hydrogen (secondary N) is 1. The molecule has 0 radical (unpaired) electrons. The van der Waals surface area contributed by atoms with Crippen molar-refractivity contribution in [2.24, 2.45) is 17.8 Å². The van der Waals surface area contributed by atoms with E-state index in [2.05, 4.69) is 5.32 Å². The molecule has 1 aliphatic heterocycles. The Morgan fingerprint density at radius 1 is 1.33 bits per heavy atom. The van der Waals surface area contributed by atoms with Crippen molar-refractivity contribution in [3.05, 3.63) is 0 Å². The SMILES string of the molecule is O=C(O)C(F)(F)F.OC[C@@H]1[C@H]2CNC[C@@H]12. The number of aliphatic hydroxyl groups is 1. The average molecular weight is 227 g/mol. The predicted molar refractivity (Wildman–Crippen MR) is 44.1 cm³/mol. The van der Waals surface area contributed by atoms with E-state index in [1.807, 2.05) is 0 Å². The summed E-state index contributed by atoms with van der Waals surface area (Å²) in [5, 5.41) is 19.1. The Morgan fingerprint density at radius 2 is 1.73 bits per heavy atom. The van der Waals surface area contributed by atoms with Crippen LogP contribution in [0.2, 0.25) is 0 Å². The zero-order chi connectivity index (χ0) is 11.6. The van der Waals surface area contributed by atoms with E-state index in [4.69, 9.17) is 15.0 Å². The maximum absolute atomic E-state index is 10.6. The second kappa shape index (κ2) is 4.36. The number of piperidine rings is 1. The second-order valence-corrected chi connectivity index (χ2v) is 3.64. The van der Waals surface area contributed by atoms with E-state index in [0.29, 0.717) is 12.5 Å². The van der Waals surface area contributed by atoms with E-state index in [1.54, 1.807) is 0 Å². The van der Waals surface area contributed by atoms with Crippen LogP contribution >= 0.6 is 0 Å². The van der Waals surface area contributed by atoms with E-state index in [0.717, 1.165) is 24.9 Å². The molecule has 3 N–H and O–H groups in total. The number of hydrogen-bond donors (Lipinski definition) is 3. The number of carboxylic acid groups (broad SMARTS) is 1. The number of alkyl halides is 3. The molecule has 2 fully saturated rings. The topological polar surface area (TPSA) is 69.6 Å². The van der Waals surface area contributed by atoms with Crippen LogP contribution in [0.15, 0.2) is 0 Å². The number of aliphatic carboxylic acids is 1. The van der Waals surface area contributed by atoms with Crippen LogP contribution in [0, 0.1) is 17.8 Å². The summed E-state index contributed by atoms with van der Waals surface area (Å²) in [5.74, 6) is -0.427. The van der Waals surface area contributed by atoms with Gasteiger partial charge in [0.15, 0.2) is 0 Å². The Labute approximate surface area is 84.1 Å². The molecule has 1 heterocycles. The van der Waals surface area contributed by atoms with Crippen molar-refractivity contribution in [1.29, 1.82) is 0 Å². The normalized spacial score (nSPS) is 32.7. The average Bonchev–Trinajstić information content (AvgIpc) is 2.55. The summed E-state index contributed by atoms with van der Waals surface area (Å²) in [6, 6.07) is 0. The van der Waals surface area contributed by atoms with E-state index in [9.17, 15) is 13.2 Å². The molecular formula is C8H12F3NO3. The van der Waals surface area contributed by atoms with Crippen molar-refractivity contribution >= 4 is 5.97 Å². The van der Waals surface area contributed by atoms with Crippen LogP contribution < -0.4 is 5.32 Å². The summed E-state index contributed by atoms with van der Waals surface area (Å²) in [6.45, 7) is 2.71. The first-order valence-electron chi connectivity index (χ1n) is 4.49. The van der Waals surface area contributed by atoms with Gasteiger partial charge in [-0.2, -0.15) is 13.2 Å². The number of carbonyl (C=O) groups is 1. The lowest BCUT2D eigenvalue weighted by atomic mass is 10.3. The lowest BCUT2D eigenvalue weighted by molar-refractivity contribution is -0.192. The molecule has 1 saturated carbocycles. The Balaban J connectivity index is 0.000000153. The highest BCUT2D eigenvalue weighted by atomic mass is 19.4. The maximum atomic E-state index is 10.6. The molecule has 7 heteroatoms. The molecule has 0 unspecified atom stereocenters. The molecule has 2 aliphatic rings. The molecule has 0 spiro atoms. The van der Waals surface area contributed by atoms with Crippen molar-refractivity contribution in [1.82, 2.24) is 5.32 Å².